The number of aromatic hydroxyl groups is 1. The van der Waals surface area contributed by atoms with Gasteiger partial charge in [-0.15, -0.1) is 0 Å². The fraction of sp³-hybridized carbons (Fsp3) is 0.483. The molecule has 0 bridgehead atoms. The van der Waals surface area contributed by atoms with Crippen LogP contribution in [0, 0.1) is 26.2 Å². The van der Waals surface area contributed by atoms with Gasteiger partial charge in [0, 0.05) is 18.5 Å². The summed E-state index contributed by atoms with van der Waals surface area (Å²) in [4.78, 5) is 42.2. The minimum absolute atomic E-state index is 0.152. The maximum Gasteiger partial charge on any atom is 0.347 e. The number of phenolic OH excluding ortho intramolecular Hbond substituents is 1. The van der Waals surface area contributed by atoms with E-state index in [4.69, 9.17) is 4.74 Å². The van der Waals surface area contributed by atoms with E-state index in [-0.39, 0.29) is 18.2 Å². The third-order valence-electron chi connectivity index (χ3n) is 7.48. The molecule has 0 unspecified atom stereocenters. The monoisotopic (exact) mass is 510 g/mol. The SMILES string of the molecule is CCC(C)(C)C(=O)N(C(=O)N1CCc2ccc(OC(C)(C)C(=O)O)cc2C1)c1cc(C)c(O)c(C)c1C. The van der Waals surface area contributed by atoms with E-state index >= 15 is 0 Å². The van der Waals surface area contributed by atoms with Crippen molar-refractivity contribution in [2.75, 3.05) is 11.4 Å². The Morgan fingerprint density at radius 3 is 2.27 bits per heavy atom. The molecule has 0 atom stereocenters. The van der Waals surface area contributed by atoms with Crippen LogP contribution in [-0.4, -0.2) is 45.2 Å². The predicted octanol–water partition coefficient (Wildman–Crippen LogP) is 5.51. The number of imide groups is 1. The highest BCUT2D eigenvalue weighted by atomic mass is 16.5. The molecular weight excluding hydrogens is 472 g/mol. The number of nitrogens with zero attached hydrogens (tertiary/aromatic N) is 2. The molecule has 2 aromatic carbocycles. The molecule has 0 radical (unpaired) electrons. The molecule has 1 heterocycles. The van der Waals surface area contributed by atoms with Crippen molar-refractivity contribution in [2.45, 2.75) is 80.4 Å². The number of phenols is 1. The van der Waals surface area contributed by atoms with Gasteiger partial charge < -0.3 is 19.8 Å². The highest BCUT2D eigenvalue weighted by Crippen LogP contribution is 2.37. The fourth-order valence-corrected chi connectivity index (χ4v) is 4.27. The Morgan fingerprint density at radius 2 is 1.68 bits per heavy atom. The van der Waals surface area contributed by atoms with Gasteiger partial charge in [0.2, 0.25) is 5.91 Å². The number of rotatable bonds is 6. The number of aliphatic carboxylic acids is 1. The van der Waals surface area contributed by atoms with Crippen molar-refractivity contribution < 1.29 is 29.3 Å². The summed E-state index contributed by atoms with van der Waals surface area (Å²) >= 11 is 0. The number of ether oxygens (including phenoxy) is 1. The normalized spacial score (nSPS) is 13.7. The van der Waals surface area contributed by atoms with Crippen LogP contribution in [0.2, 0.25) is 0 Å². The predicted molar refractivity (Wildman–Crippen MR) is 142 cm³/mol. The summed E-state index contributed by atoms with van der Waals surface area (Å²) in [6.45, 7) is 14.5. The number of carboxylic acid groups (broad SMARTS) is 1. The van der Waals surface area contributed by atoms with Crippen LogP contribution in [0.15, 0.2) is 24.3 Å². The molecule has 3 rings (SSSR count). The van der Waals surface area contributed by atoms with Crippen LogP contribution in [0.3, 0.4) is 0 Å². The van der Waals surface area contributed by atoms with Crippen molar-refractivity contribution in [1.82, 2.24) is 4.90 Å². The second-order valence-corrected chi connectivity index (χ2v) is 11.0. The van der Waals surface area contributed by atoms with Crippen molar-refractivity contribution in [1.29, 1.82) is 0 Å². The number of amides is 3. The fourth-order valence-electron chi connectivity index (χ4n) is 4.27. The van der Waals surface area contributed by atoms with E-state index in [1.165, 1.54) is 18.7 Å². The number of fused-ring (bicyclic) bond motifs is 1. The molecule has 2 N–H and O–H groups in total. The van der Waals surface area contributed by atoms with E-state index in [1.54, 1.807) is 43.9 Å². The van der Waals surface area contributed by atoms with Gasteiger partial charge in [0.1, 0.15) is 11.5 Å². The molecular formula is C29H38N2O6. The van der Waals surface area contributed by atoms with Crippen LogP contribution in [0.4, 0.5) is 10.5 Å². The van der Waals surface area contributed by atoms with Crippen LogP contribution in [0.5, 0.6) is 11.5 Å². The number of benzene rings is 2. The molecule has 0 spiro atoms. The molecule has 3 amide bonds. The van der Waals surface area contributed by atoms with E-state index in [0.717, 1.165) is 11.1 Å². The van der Waals surface area contributed by atoms with Crippen LogP contribution >= 0.6 is 0 Å². The highest BCUT2D eigenvalue weighted by molar-refractivity contribution is 6.16. The quantitative estimate of drug-likeness (QED) is 0.531. The second kappa shape index (κ2) is 10.1. The number of hydrogen-bond donors (Lipinski definition) is 2. The first-order chi connectivity index (χ1) is 17.1. The van der Waals surface area contributed by atoms with Gasteiger partial charge in [-0.05, 0) is 93.5 Å². The van der Waals surface area contributed by atoms with Crippen molar-refractivity contribution in [3.63, 3.8) is 0 Å². The van der Waals surface area contributed by atoms with Gasteiger partial charge in [-0.25, -0.2) is 14.5 Å². The molecule has 1 aliphatic rings. The molecule has 37 heavy (non-hydrogen) atoms. The molecule has 1 aliphatic heterocycles. The zero-order chi connectivity index (χ0) is 27.9. The van der Waals surface area contributed by atoms with Crippen LogP contribution in [-0.2, 0) is 22.6 Å². The molecule has 0 fully saturated rings. The van der Waals surface area contributed by atoms with E-state index in [0.29, 0.717) is 47.5 Å². The Hall–Kier alpha value is -3.55. The van der Waals surface area contributed by atoms with E-state index < -0.39 is 23.0 Å². The van der Waals surface area contributed by atoms with Gasteiger partial charge in [0.05, 0.1) is 5.69 Å². The number of anilines is 1. The van der Waals surface area contributed by atoms with Crippen LogP contribution < -0.4 is 9.64 Å². The number of carboxylic acids is 1. The topological polar surface area (TPSA) is 107 Å². The largest absolute Gasteiger partial charge is 0.507 e. The number of carbonyl (C=O) groups is 3. The first-order valence-electron chi connectivity index (χ1n) is 12.6. The summed E-state index contributed by atoms with van der Waals surface area (Å²) in [5, 5.41) is 19.8. The van der Waals surface area contributed by atoms with Gasteiger partial charge >= 0.3 is 12.0 Å². The van der Waals surface area contributed by atoms with Gasteiger partial charge in [0.25, 0.3) is 0 Å². The smallest absolute Gasteiger partial charge is 0.347 e. The summed E-state index contributed by atoms with van der Waals surface area (Å²) in [5.74, 6) is -0.830. The molecule has 200 valence electrons. The Kier molecular flexibility index (Phi) is 7.63. The van der Waals surface area contributed by atoms with Gasteiger partial charge in [0.15, 0.2) is 5.60 Å². The molecule has 0 aliphatic carbocycles. The second-order valence-electron chi connectivity index (χ2n) is 11.0. The standard InChI is InChI=1S/C29H38N2O6/c1-9-28(5,6)25(33)31(23-14-17(2)24(32)19(4)18(23)3)27(36)30-13-12-20-10-11-22(15-21(20)16-30)37-29(7,8)26(34)35/h10-11,14-15,32H,9,12-13,16H2,1-8H3,(H,34,35). The zero-order valence-corrected chi connectivity index (χ0v) is 23.1. The lowest BCUT2D eigenvalue weighted by Crippen LogP contribution is -2.52. The third kappa shape index (κ3) is 5.43. The first kappa shape index (κ1) is 28.0. The molecule has 8 heteroatoms. The lowest BCUT2D eigenvalue weighted by molar-refractivity contribution is -0.152. The number of carbonyl (C=O) groups excluding carboxylic acids is 2. The Morgan fingerprint density at radius 1 is 1.03 bits per heavy atom. The Balaban J connectivity index is 2.01. The summed E-state index contributed by atoms with van der Waals surface area (Å²) in [5.41, 5.74) is 2.06. The number of hydrogen-bond acceptors (Lipinski definition) is 5. The number of aryl methyl sites for hydroxylation is 1. The average Bonchev–Trinajstić information content (AvgIpc) is 2.84. The highest BCUT2D eigenvalue weighted by Gasteiger charge is 2.39. The molecule has 0 aromatic heterocycles. The van der Waals surface area contributed by atoms with E-state index in [1.807, 2.05) is 26.8 Å². The van der Waals surface area contributed by atoms with E-state index in [2.05, 4.69) is 0 Å². The summed E-state index contributed by atoms with van der Waals surface area (Å²) in [7, 11) is 0. The molecule has 2 aromatic rings. The minimum atomic E-state index is -1.40. The van der Waals surface area contributed by atoms with Crippen molar-refractivity contribution in [3.05, 3.63) is 52.1 Å². The molecule has 8 nitrogen and oxygen atoms in total. The molecule has 0 saturated heterocycles. The van der Waals surface area contributed by atoms with Gasteiger partial charge in [-0.3, -0.25) is 4.79 Å². The first-order valence-corrected chi connectivity index (χ1v) is 12.6. The summed E-state index contributed by atoms with van der Waals surface area (Å²) in [6.07, 6.45) is 1.14. The Bertz CT molecular complexity index is 1250. The van der Waals surface area contributed by atoms with Crippen LogP contribution in [0.25, 0.3) is 0 Å². The van der Waals surface area contributed by atoms with Gasteiger partial charge in [-0.1, -0.05) is 26.8 Å². The lowest BCUT2D eigenvalue weighted by atomic mass is 9.88. The summed E-state index contributed by atoms with van der Waals surface area (Å²) < 4.78 is 5.70. The van der Waals surface area contributed by atoms with Crippen LogP contribution in [0.1, 0.15) is 68.9 Å². The van der Waals surface area contributed by atoms with Crippen molar-refractivity contribution in [3.8, 4) is 11.5 Å². The average molecular weight is 511 g/mol. The lowest BCUT2D eigenvalue weighted by Gasteiger charge is -2.37. The summed E-state index contributed by atoms with van der Waals surface area (Å²) in [6, 6.07) is 6.66. The van der Waals surface area contributed by atoms with Crippen molar-refractivity contribution >= 4 is 23.6 Å². The molecule has 0 saturated carbocycles. The third-order valence-corrected chi connectivity index (χ3v) is 7.48. The van der Waals surface area contributed by atoms with E-state index in [9.17, 15) is 24.6 Å². The number of urea groups is 1. The van der Waals surface area contributed by atoms with Crippen molar-refractivity contribution in [2.24, 2.45) is 5.41 Å². The Labute approximate surface area is 218 Å². The maximum absolute atomic E-state index is 14.0. The van der Waals surface area contributed by atoms with Gasteiger partial charge in [-0.2, -0.15) is 0 Å². The maximum atomic E-state index is 14.0. The minimum Gasteiger partial charge on any atom is -0.507 e. The zero-order valence-electron chi connectivity index (χ0n) is 23.1.